The van der Waals surface area contributed by atoms with Crippen LogP contribution in [0.15, 0.2) is 24.3 Å². The number of fused-ring (bicyclic) bond motifs is 1. The molecule has 0 radical (unpaired) electrons. The molecule has 1 aromatic heterocycles. The number of nitrogens with zero attached hydrogens (tertiary/aromatic N) is 3. The number of hydrogen-bond donors (Lipinski definition) is 0. The van der Waals surface area contributed by atoms with Gasteiger partial charge in [0, 0.05) is 30.6 Å². The van der Waals surface area contributed by atoms with Crippen LogP contribution in [-0.4, -0.2) is 54.3 Å². The molecule has 2 fully saturated rings. The first kappa shape index (κ1) is 18.5. The molecule has 0 saturated carbocycles. The molecule has 2 saturated heterocycles. The Labute approximate surface area is 170 Å². The highest BCUT2D eigenvalue weighted by atomic mass is 35.5. The van der Waals surface area contributed by atoms with Gasteiger partial charge in [-0.3, -0.25) is 4.90 Å². The number of aryl methyl sites for hydroxylation is 1. The highest BCUT2D eigenvalue weighted by Crippen LogP contribution is 2.42. The fourth-order valence-corrected chi connectivity index (χ4v) is 6.92. The maximum absolute atomic E-state index is 11.8. The van der Waals surface area contributed by atoms with Gasteiger partial charge in [-0.2, -0.15) is 5.10 Å². The maximum atomic E-state index is 11.8. The zero-order chi connectivity index (χ0) is 19.5. The van der Waals surface area contributed by atoms with Crippen molar-refractivity contribution >= 4 is 21.4 Å². The fourth-order valence-electron chi connectivity index (χ4n) is 4.86. The Morgan fingerprint density at radius 1 is 1.32 bits per heavy atom. The van der Waals surface area contributed by atoms with Gasteiger partial charge in [0.1, 0.15) is 10.9 Å². The predicted octanol–water partition coefficient (Wildman–Crippen LogP) is 2.64. The number of aromatic nitrogens is 2. The van der Waals surface area contributed by atoms with Gasteiger partial charge in [-0.25, -0.2) is 13.1 Å². The van der Waals surface area contributed by atoms with Gasteiger partial charge in [0.2, 0.25) is 0 Å². The van der Waals surface area contributed by atoms with Gasteiger partial charge in [-0.15, -0.1) is 0 Å². The molecule has 3 aliphatic rings. The van der Waals surface area contributed by atoms with E-state index in [9.17, 15) is 8.42 Å². The lowest BCUT2D eigenvalue weighted by molar-refractivity contribution is -0.0479. The largest absolute Gasteiger partial charge is 0.493 e. The van der Waals surface area contributed by atoms with Gasteiger partial charge in [0.15, 0.2) is 9.84 Å². The second kappa shape index (κ2) is 6.47. The van der Waals surface area contributed by atoms with E-state index in [1.54, 1.807) is 4.68 Å². The van der Waals surface area contributed by atoms with E-state index >= 15 is 0 Å². The molecule has 0 bridgehead atoms. The molecule has 150 valence electrons. The Morgan fingerprint density at radius 3 is 2.86 bits per heavy atom. The van der Waals surface area contributed by atoms with Crippen molar-refractivity contribution in [2.75, 3.05) is 31.2 Å². The summed E-state index contributed by atoms with van der Waals surface area (Å²) in [4.78, 5) is 2.38. The smallest absolute Gasteiger partial charge is 0.152 e. The van der Waals surface area contributed by atoms with Crippen molar-refractivity contribution < 1.29 is 13.2 Å². The first-order valence-corrected chi connectivity index (χ1v) is 11.9. The average molecular weight is 422 g/mol. The van der Waals surface area contributed by atoms with E-state index in [4.69, 9.17) is 16.3 Å². The topological polar surface area (TPSA) is 64.4 Å². The van der Waals surface area contributed by atoms with Crippen LogP contribution in [0.3, 0.4) is 0 Å². The van der Waals surface area contributed by atoms with Crippen LogP contribution < -0.4 is 4.74 Å². The Morgan fingerprint density at radius 2 is 2.11 bits per heavy atom. The van der Waals surface area contributed by atoms with E-state index in [-0.39, 0.29) is 23.0 Å². The van der Waals surface area contributed by atoms with E-state index in [1.807, 2.05) is 19.1 Å². The maximum Gasteiger partial charge on any atom is 0.152 e. The third-order valence-corrected chi connectivity index (χ3v) is 8.42. The lowest BCUT2D eigenvalue weighted by Crippen LogP contribution is -2.60. The number of likely N-dealkylation sites (tertiary alicyclic amines) is 1. The summed E-state index contributed by atoms with van der Waals surface area (Å²) in [6, 6.07) is 8.13. The molecule has 2 aromatic rings. The van der Waals surface area contributed by atoms with Crippen LogP contribution in [0.2, 0.25) is 5.15 Å². The minimum atomic E-state index is -2.97. The second-order valence-corrected chi connectivity index (χ2v) is 11.2. The fraction of sp³-hybridized carbons (Fsp3) is 0.550. The molecule has 0 aliphatic carbocycles. The SMILES string of the molecule is Cc1nn(C2CCS(=O)(=O)C2)c(Cl)c1CN1CC2(COc3ccccc3C2)C1. The van der Waals surface area contributed by atoms with Crippen LogP contribution in [0.1, 0.15) is 29.3 Å². The van der Waals surface area contributed by atoms with E-state index in [0.29, 0.717) is 11.6 Å². The molecule has 1 atom stereocenters. The Hall–Kier alpha value is -1.57. The summed E-state index contributed by atoms with van der Waals surface area (Å²) < 4.78 is 31.3. The van der Waals surface area contributed by atoms with Gasteiger partial charge in [-0.05, 0) is 31.4 Å². The molecule has 0 N–H and O–H groups in total. The number of hydrogen-bond acceptors (Lipinski definition) is 5. The molecular formula is C20H24ClN3O3S. The molecular weight excluding hydrogens is 398 g/mol. The van der Waals surface area contributed by atoms with Gasteiger partial charge in [0.05, 0.1) is 29.8 Å². The number of ether oxygens (including phenoxy) is 1. The summed E-state index contributed by atoms with van der Waals surface area (Å²) in [6.45, 7) is 5.40. The van der Waals surface area contributed by atoms with Gasteiger partial charge in [0.25, 0.3) is 0 Å². The minimum absolute atomic E-state index is 0.136. The van der Waals surface area contributed by atoms with Crippen molar-refractivity contribution in [3.05, 3.63) is 46.2 Å². The van der Waals surface area contributed by atoms with Crippen LogP contribution >= 0.6 is 11.6 Å². The Kier molecular flexibility index (Phi) is 4.27. The van der Waals surface area contributed by atoms with Crippen LogP contribution in [0.5, 0.6) is 5.75 Å². The minimum Gasteiger partial charge on any atom is -0.493 e. The normalized spacial score (nSPS) is 25.3. The summed E-state index contributed by atoms with van der Waals surface area (Å²) in [5, 5.41) is 5.16. The zero-order valence-corrected chi connectivity index (χ0v) is 17.5. The first-order valence-electron chi connectivity index (χ1n) is 9.71. The summed E-state index contributed by atoms with van der Waals surface area (Å²) in [6.07, 6.45) is 1.64. The number of rotatable bonds is 3. The van der Waals surface area contributed by atoms with Gasteiger partial charge < -0.3 is 4.74 Å². The zero-order valence-electron chi connectivity index (χ0n) is 15.9. The molecule has 3 aliphatic heterocycles. The number of sulfone groups is 1. The molecule has 1 unspecified atom stereocenters. The van der Waals surface area contributed by atoms with Crippen molar-refractivity contribution in [3.8, 4) is 5.75 Å². The summed E-state index contributed by atoms with van der Waals surface area (Å²) >= 11 is 6.63. The van der Waals surface area contributed by atoms with E-state index in [0.717, 1.165) is 49.7 Å². The molecule has 1 spiro atoms. The number of para-hydroxylation sites is 1. The summed E-state index contributed by atoms with van der Waals surface area (Å²) in [5.74, 6) is 1.37. The van der Waals surface area contributed by atoms with Gasteiger partial charge >= 0.3 is 0 Å². The monoisotopic (exact) mass is 421 g/mol. The molecule has 6 nitrogen and oxygen atoms in total. The average Bonchev–Trinajstić information content (AvgIpc) is 3.13. The van der Waals surface area contributed by atoms with Crippen molar-refractivity contribution in [2.24, 2.45) is 5.41 Å². The molecule has 0 amide bonds. The second-order valence-electron chi connectivity index (χ2n) is 8.57. The van der Waals surface area contributed by atoms with E-state index in [2.05, 4.69) is 22.1 Å². The van der Waals surface area contributed by atoms with Crippen LogP contribution in [0.25, 0.3) is 0 Å². The van der Waals surface area contributed by atoms with Crippen LogP contribution in [-0.2, 0) is 22.8 Å². The molecule has 5 rings (SSSR count). The lowest BCUT2D eigenvalue weighted by atomic mass is 9.74. The number of benzene rings is 1. The molecule has 28 heavy (non-hydrogen) atoms. The van der Waals surface area contributed by atoms with Crippen molar-refractivity contribution in [3.63, 3.8) is 0 Å². The molecule has 1 aromatic carbocycles. The molecule has 4 heterocycles. The first-order chi connectivity index (χ1) is 13.3. The Balaban J connectivity index is 1.27. The summed E-state index contributed by atoms with van der Waals surface area (Å²) in [7, 11) is -2.97. The van der Waals surface area contributed by atoms with Crippen molar-refractivity contribution in [2.45, 2.75) is 32.4 Å². The third kappa shape index (κ3) is 3.13. The Bertz CT molecular complexity index is 1030. The lowest BCUT2D eigenvalue weighted by Gasteiger charge is -2.52. The van der Waals surface area contributed by atoms with Crippen molar-refractivity contribution in [1.82, 2.24) is 14.7 Å². The highest BCUT2D eigenvalue weighted by Gasteiger charge is 2.46. The predicted molar refractivity (Wildman–Crippen MR) is 108 cm³/mol. The highest BCUT2D eigenvalue weighted by molar-refractivity contribution is 7.91. The molecule has 8 heteroatoms. The standard InChI is InChI=1S/C20H24ClN3O3S/c1-14-17(19(21)24(22-14)16-6-7-28(25,26)10-16)9-23-11-20(12-23)8-15-4-2-3-5-18(15)27-13-20/h2-5,16H,6-13H2,1H3. The number of halogens is 1. The summed E-state index contributed by atoms with van der Waals surface area (Å²) in [5.41, 5.74) is 3.38. The van der Waals surface area contributed by atoms with Crippen molar-refractivity contribution in [1.29, 1.82) is 0 Å². The van der Waals surface area contributed by atoms with E-state index < -0.39 is 9.84 Å². The van der Waals surface area contributed by atoms with Crippen LogP contribution in [0.4, 0.5) is 0 Å². The van der Waals surface area contributed by atoms with E-state index in [1.165, 1.54) is 5.56 Å². The quantitative estimate of drug-likeness (QED) is 0.762. The van der Waals surface area contributed by atoms with Crippen LogP contribution in [0, 0.1) is 12.3 Å². The van der Waals surface area contributed by atoms with Gasteiger partial charge in [-0.1, -0.05) is 29.8 Å². The third-order valence-electron chi connectivity index (χ3n) is 6.27.